The summed E-state index contributed by atoms with van der Waals surface area (Å²) in [6, 6.07) is 6.85. The number of anilines is 1. The van der Waals surface area contributed by atoms with Crippen molar-refractivity contribution in [3.8, 4) is 0 Å². The van der Waals surface area contributed by atoms with Gasteiger partial charge in [-0.25, -0.2) is 0 Å². The molecule has 0 unspecified atom stereocenters. The van der Waals surface area contributed by atoms with E-state index in [4.69, 9.17) is 17.0 Å². The van der Waals surface area contributed by atoms with Crippen molar-refractivity contribution in [3.63, 3.8) is 0 Å². The Morgan fingerprint density at radius 2 is 1.95 bits per heavy atom. The average molecular weight is 321 g/mol. The number of thiocarbonyl (C=S) groups is 1. The summed E-state index contributed by atoms with van der Waals surface area (Å²) in [4.78, 5) is 23.4. The zero-order valence-electron chi connectivity index (χ0n) is 12.3. The first-order valence-corrected chi connectivity index (χ1v) is 7.50. The van der Waals surface area contributed by atoms with E-state index in [1.807, 2.05) is 0 Å². The molecule has 0 atom stereocenters. The van der Waals surface area contributed by atoms with Crippen LogP contribution in [0.5, 0.6) is 0 Å². The van der Waals surface area contributed by atoms with Gasteiger partial charge < -0.3 is 20.7 Å². The van der Waals surface area contributed by atoms with Crippen molar-refractivity contribution in [2.45, 2.75) is 12.8 Å². The van der Waals surface area contributed by atoms with E-state index < -0.39 is 0 Å². The van der Waals surface area contributed by atoms with Crippen molar-refractivity contribution >= 4 is 34.8 Å². The maximum atomic E-state index is 11.8. The molecule has 22 heavy (non-hydrogen) atoms. The minimum absolute atomic E-state index is 0.0355. The lowest BCUT2D eigenvalue weighted by atomic mass is 10.2. The lowest BCUT2D eigenvalue weighted by Crippen LogP contribution is -2.35. The molecule has 1 aromatic rings. The normalized spacial score (nSPS) is 13.3. The van der Waals surface area contributed by atoms with Crippen LogP contribution in [0, 0.1) is 5.92 Å². The Morgan fingerprint density at radius 1 is 1.27 bits per heavy atom. The molecule has 3 N–H and O–H groups in total. The van der Waals surface area contributed by atoms with Gasteiger partial charge in [-0.3, -0.25) is 9.59 Å². The highest BCUT2D eigenvalue weighted by atomic mass is 32.1. The van der Waals surface area contributed by atoms with Crippen LogP contribution in [0.1, 0.15) is 23.2 Å². The fourth-order valence-corrected chi connectivity index (χ4v) is 2.01. The monoisotopic (exact) mass is 321 g/mol. The second-order valence-corrected chi connectivity index (χ2v) is 5.45. The Morgan fingerprint density at radius 3 is 2.55 bits per heavy atom. The van der Waals surface area contributed by atoms with E-state index in [-0.39, 0.29) is 22.8 Å². The van der Waals surface area contributed by atoms with Crippen molar-refractivity contribution in [1.82, 2.24) is 10.6 Å². The van der Waals surface area contributed by atoms with Gasteiger partial charge in [-0.05, 0) is 49.3 Å². The van der Waals surface area contributed by atoms with E-state index in [0.29, 0.717) is 18.7 Å². The van der Waals surface area contributed by atoms with Gasteiger partial charge in [0.2, 0.25) is 5.91 Å². The van der Waals surface area contributed by atoms with Crippen molar-refractivity contribution < 1.29 is 14.3 Å². The zero-order valence-corrected chi connectivity index (χ0v) is 13.2. The number of hydrogen-bond acceptors (Lipinski definition) is 4. The molecule has 1 saturated carbocycles. The van der Waals surface area contributed by atoms with Crippen LogP contribution in [0.25, 0.3) is 0 Å². The second-order valence-electron chi connectivity index (χ2n) is 5.04. The highest BCUT2D eigenvalue weighted by Crippen LogP contribution is 2.28. The molecular formula is C15H19N3O3S. The van der Waals surface area contributed by atoms with E-state index in [2.05, 4.69) is 16.0 Å². The molecule has 0 heterocycles. The summed E-state index contributed by atoms with van der Waals surface area (Å²) in [6.45, 7) is 0.937. The molecular weight excluding hydrogens is 302 g/mol. The van der Waals surface area contributed by atoms with Crippen LogP contribution in [0.3, 0.4) is 0 Å². The molecule has 1 aromatic carbocycles. The van der Waals surface area contributed by atoms with Gasteiger partial charge in [0.25, 0.3) is 5.91 Å². The summed E-state index contributed by atoms with van der Waals surface area (Å²) < 4.78 is 4.87. The fraction of sp³-hybridized carbons (Fsp3) is 0.400. The number of amides is 2. The van der Waals surface area contributed by atoms with Gasteiger partial charge in [0.1, 0.15) is 0 Å². The predicted molar refractivity (Wildman–Crippen MR) is 87.7 cm³/mol. The predicted octanol–water partition coefficient (Wildman–Crippen LogP) is 1.29. The lowest BCUT2D eigenvalue weighted by molar-refractivity contribution is -0.120. The molecule has 0 spiro atoms. The molecule has 2 rings (SSSR count). The summed E-state index contributed by atoms with van der Waals surface area (Å²) >= 11 is 5.08. The Balaban J connectivity index is 1.81. The average Bonchev–Trinajstić information content (AvgIpc) is 3.32. The first-order chi connectivity index (χ1) is 10.6. The summed E-state index contributed by atoms with van der Waals surface area (Å²) in [5, 5.41) is 8.58. The van der Waals surface area contributed by atoms with Gasteiger partial charge in [0.15, 0.2) is 5.11 Å². The van der Waals surface area contributed by atoms with E-state index in [1.54, 1.807) is 31.4 Å². The van der Waals surface area contributed by atoms with Crippen LogP contribution in [0.2, 0.25) is 0 Å². The smallest absolute Gasteiger partial charge is 0.251 e. The molecule has 1 aliphatic carbocycles. The molecule has 0 aliphatic heterocycles. The first-order valence-electron chi connectivity index (χ1n) is 7.09. The minimum Gasteiger partial charge on any atom is -0.383 e. The molecule has 1 fully saturated rings. The van der Waals surface area contributed by atoms with Crippen LogP contribution in [-0.2, 0) is 9.53 Å². The summed E-state index contributed by atoms with van der Waals surface area (Å²) in [5.41, 5.74) is 1.27. The van der Waals surface area contributed by atoms with Crippen LogP contribution < -0.4 is 16.0 Å². The number of nitrogens with one attached hydrogen (secondary N) is 3. The molecule has 0 saturated heterocycles. The Hall–Kier alpha value is -1.99. The quantitative estimate of drug-likeness (QED) is 0.543. The number of ether oxygens (including phenoxy) is 1. The number of rotatable bonds is 6. The van der Waals surface area contributed by atoms with Gasteiger partial charge >= 0.3 is 0 Å². The van der Waals surface area contributed by atoms with E-state index >= 15 is 0 Å². The largest absolute Gasteiger partial charge is 0.383 e. The van der Waals surface area contributed by atoms with E-state index in [9.17, 15) is 9.59 Å². The van der Waals surface area contributed by atoms with Crippen molar-refractivity contribution in [2.24, 2.45) is 5.92 Å². The third-order valence-corrected chi connectivity index (χ3v) is 3.39. The highest BCUT2D eigenvalue weighted by Gasteiger charge is 2.29. The molecule has 0 bridgehead atoms. The maximum absolute atomic E-state index is 11.8. The van der Waals surface area contributed by atoms with Crippen molar-refractivity contribution in [1.29, 1.82) is 0 Å². The highest BCUT2D eigenvalue weighted by molar-refractivity contribution is 7.80. The van der Waals surface area contributed by atoms with Crippen LogP contribution in [0.15, 0.2) is 24.3 Å². The maximum Gasteiger partial charge on any atom is 0.251 e. The van der Waals surface area contributed by atoms with E-state index in [0.717, 1.165) is 18.5 Å². The molecule has 2 amide bonds. The van der Waals surface area contributed by atoms with Gasteiger partial charge in [-0.2, -0.15) is 0 Å². The fourth-order valence-electron chi connectivity index (χ4n) is 1.80. The Labute approximate surface area is 134 Å². The first kappa shape index (κ1) is 16.4. The van der Waals surface area contributed by atoms with Gasteiger partial charge in [0.05, 0.1) is 6.61 Å². The number of methoxy groups -OCH3 is 1. The van der Waals surface area contributed by atoms with Gasteiger partial charge in [-0.15, -0.1) is 0 Å². The van der Waals surface area contributed by atoms with Gasteiger partial charge in [0, 0.05) is 30.8 Å². The molecule has 0 radical (unpaired) electrons. The Kier molecular flexibility index (Phi) is 5.85. The molecule has 118 valence electrons. The van der Waals surface area contributed by atoms with E-state index in [1.165, 1.54) is 0 Å². The third kappa shape index (κ3) is 5.09. The van der Waals surface area contributed by atoms with Crippen LogP contribution >= 0.6 is 12.2 Å². The summed E-state index contributed by atoms with van der Waals surface area (Å²) in [5.74, 6) is -0.0854. The minimum atomic E-state index is -0.159. The van der Waals surface area contributed by atoms with Gasteiger partial charge in [-0.1, -0.05) is 0 Å². The molecule has 6 nitrogen and oxygen atoms in total. The van der Waals surface area contributed by atoms with Crippen LogP contribution in [0.4, 0.5) is 5.69 Å². The number of carbonyl (C=O) groups is 2. The molecule has 1 aliphatic rings. The summed E-state index contributed by atoms with van der Waals surface area (Å²) in [6.07, 6.45) is 1.86. The van der Waals surface area contributed by atoms with Crippen molar-refractivity contribution in [2.75, 3.05) is 25.6 Å². The lowest BCUT2D eigenvalue weighted by Gasteiger charge is -2.10. The number of carbonyl (C=O) groups excluding carboxylic acids is 2. The van der Waals surface area contributed by atoms with Crippen LogP contribution in [-0.4, -0.2) is 37.2 Å². The van der Waals surface area contributed by atoms with Crippen molar-refractivity contribution in [3.05, 3.63) is 29.8 Å². The SMILES string of the molecule is COCCNC(=O)c1ccc(NC(=S)NC(=O)C2CC2)cc1. The molecule has 0 aromatic heterocycles. The Bertz CT molecular complexity index is 556. The second kappa shape index (κ2) is 7.86. The standard InChI is InChI=1S/C15H19N3O3S/c1-21-9-8-16-13(19)10-4-6-12(7-5-10)17-15(22)18-14(20)11-2-3-11/h4-7,11H,2-3,8-9H2,1H3,(H,16,19)(H2,17,18,20,22). The summed E-state index contributed by atoms with van der Waals surface area (Å²) in [7, 11) is 1.58. The topological polar surface area (TPSA) is 79.5 Å². The number of hydrogen-bond donors (Lipinski definition) is 3. The number of benzene rings is 1. The molecule has 7 heteroatoms. The zero-order chi connectivity index (χ0) is 15.9. The third-order valence-electron chi connectivity index (χ3n) is 3.18.